The smallest absolute Gasteiger partial charge is 0.395 e. The molecule has 0 atom stereocenters. The number of halogens is 3. The Kier molecular flexibility index (Phi) is 4.44. The zero-order valence-electron chi connectivity index (χ0n) is 12.7. The van der Waals surface area contributed by atoms with Gasteiger partial charge in [0.2, 0.25) is 5.95 Å². The number of hydrogen-bond donors (Lipinski definition) is 2. The van der Waals surface area contributed by atoms with Crippen LogP contribution in [0.3, 0.4) is 0 Å². The van der Waals surface area contributed by atoms with Crippen molar-refractivity contribution < 1.29 is 18.3 Å². The highest BCUT2D eigenvalue weighted by Crippen LogP contribution is 2.29. The van der Waals surface area contributed by atoms with Crippen molar-refractivity contribution in [2.24, 2.45) is 0 Å². The summed E-state index contributed by atoms with van der Waals surface area (Å²) in [5.41, 5.74) is 1.72. The number of anilines is 1. The van der Waals surface area contributed by atoms with Gasteiger partial charge in [0.25, 0.3) is 0 Å². The van der Waals surface area contributed by atoms with Gasteiger partial charge in [-0.25, -0.2) is 4.98 Å². The average molecular weight is 335 g/mol. The van der Waals surface area contributed by atoms with Crippen molar-refractivity contribution in [3.8, 4) is 0 Å². The summed E-state index contributed by atoms with van der Waals surface area (Å²) in [6.45, 7) is 0.687. The number of fused-ring (bicyclic) bond motifs is 1. The van der Waals surface area contributed by atoms with Crippen LogP contribution in [0.4, 0.5) is 19.1 Å². The quantitative estimate of drug-likeness (QED) is 0.750. The minimum Gasteiger partial charge on any atom is -0.395 e. The third kappa shape index (κ3) is 3.35. The van der Waals surface area contributed by atoms with Gasteiger partial charge in [0.05, 0.1) is 29.7 Å². The molecule has 0 fully saturated rings. The Balaban J connectivity index is 1.93. The standard InChI is InChI=1S/C17H16F3N3O/c18-17(19,20)13-7-5-12(6-8-13)11-23-15-4-2-1-3-14(15)22-16(23)21-9-10-24/h1-8,24H,9-11H2,(H,21,22). The fourth-order valence-electron chi connectivity index (χ4n) is 2.52. The first-order chi connectivity index (χ1) is 11.5. The van der Waals surface area contributed by atoms with Gasteiger partial charge in [0.1, 0.15) is 0 Å². The van der Waals surface area contributed by atoms with Gasteiger partial charge < -0.3 is 15.0 Å². The topological polar surface area (TPSA) is 50.1 Å². The Morgan fingerprint density at radius 1 is 1.04 bits per heavy atom. The minimum absolute atomic E-state index is 0.0382. The van der Waals surface area contributed by atoms with Crippen molar-refractivity contribution in [1.82, 2.24) is 9.55 Å². The van der Waals surface area contributed by atoms with Crippen molar-refractivity contribution in [3.63, 3.8) is 0 Å². The van der Waals surface area contributed by atoms with E-state index in [4.69, 9.17) is 5.11 Å². The van der Waals surface area contributed by atoms with Crippen LogP contribution in [0.5, 0.6) is 0 Å². The molecule has 3 rings (SSSR count). The van der Waals surface area contributed by atoms with Crippen molar-refractivity contribution in [3.05, 3.63) is 59.7 Å². The van der Waals surface area contributed by atoms with E-state index in [1.54, 1.807) is 0 Å². The van der Waals surface area contributed by atoms with Crippen LogP contribution in [0.1, 0.15) is 11.1 Å². The molecule has 2 N–H and O–H groups in total. The van der Waals surface area contributed by atoms with E-state index in [0.717, 1.165) is 28.7 Å². The number of nitrogens with one attached hydrogen (secondary N) is 1. The van der Waals surface area contributed by atoms with Gasteiger partial charge in [-0.15, -0.1) is 0 Å². The molecule has 2 aromatic carbocycles. The number of aliphatic hydroxyl groups excluding tert-OH is 1. The number of imidazole rings is 1. The third-order valence-electron chi connectivity index (χ3n) is 3.67. The molecule has 3 aromatic rings. The van der Waals surface area contributed by atoms with Gasteiger partial charge in [-0.1, -0.05) is 24.3 Å². The molecule has 126 valence electrons. The number of hydrogen-bond acceptors (Lipinski definition) is 3. The van der Waals surface area contributed by atoms with Crippen LogP contribution in [0, 0.1) is 0 Å². The largest absolute Gasteiger partial charge is 0.416 e. The number of aromatic nitrogens is 2. The van der Waals surface area contributed by atoms with Crippen molar-refractivity contribution in [2.75, 3.05) is 18.5 Å². The lowest BCUT2D eigenvalue weighted by Crippen LogP contribution is -2.12. The highest BCUT2D eigenvalue weighted by atomic mass is 19.4. The number of nitrogens with zero attached hydrogens (tertiary/aromatic N) is 2. The summed E-state index contributed by atoms with van der Waals surface area (Å²) >= 11 is 0. The van der Waals surface area contributed by atoms with E-state index in [-0.39, 0.29) is 6.61 Å². The summed E-state index contributed by atoms with van der Waals surface area (Å²) in [5, 5.41) is 12.0. The van der Waals surface area contributed by atoms with Crippen molar-refractivity contribution in [1.29, 1.82) is 0 Å². The van der Waals surface area contributed by atoms with Gasteiger partial charge in [-0.05, 0) is 29.8 Å². The minimum atomic E-state index is -4.34. The summed E-state index contributed by atoms with van der Waals surface area (Å²) in [6, 6.07) is 12.6. The van der Waals surface area contributed by atoms with Crippen LogP contribution >= 0.6 is 0 Å². The molecule has 0 bridgehead atoms. The maximum Gasteiger partial charge on any atom is 0.416 e. The molecule has 0 amide bonds. The molecule has 0 spiro atoms. The molecular formula is C17H16F3N3O. The van der Waals surface area contributed by atoms with E-state index in [1.165, 1.54) is 12.1 Å². The lowest BCUT2D eigenvalue weighted by molar-refractivity contribution is -0.137. The van der Waals surface area contributed by atoms with Crippen LogP contribution in [0.15, 0.2) is 48.5 Å². The van der Waals surface area contributed by atoms with Gasteiger partial charge >= 0.3 is 6.18 Å². The summed E-state index contributed by atoms with van der Waals surface area (Å²) in [4.78, 5) is 4.46. The van der Waals surface area contributed by atoms with E-state index >= 15 is 0 Å². The summed E-state index contributed by atoms with van der Waals surface area (Å²) in [7, 11) is 0. The van der Waals surface area contributed by atoms with Gasteiger partial charge in [-0.2, -0.15) is 13.2 Å². The highest BCUT2D eigenvalue weighted by molar-refractivity contribution is 5.78. The van der Waals surface area contributed by atoms with Gasteiger partial charge in [0.15, 0.2) is 0 Å². The van der Waals surface area contributed by atoms with Gasteiger partial charge in [0, 0.05) is 6.54 Å². The van der Waals surface area contributed by atoms with Gasteiger partial charge in [-0.3, -0.25) is 0 Å². The maximum atomic E-state index is 12.7. The second kappa shape index (κ2) is 6.52. The lowest BCUT2D eigenvalue weighted by Gasteiger charge is -2.12. The molecule has 0 radical (unpaired) electrons. The van der Waals surface area contributed by atoms with E-state index in [2.05, 4.69) is 10.3 Å². The number of aliphatic hydroxyl groups is 1. The monoisotopic (exact) mass is 335 g/mol. The van der Waals surface area contributed by atoms with E-state index in [0.29, 0.717) is 19.0 Å². The zero-order chi connectivity index (χ0) is 17.2. The second-order valence-corrected chi connectivity index (χ2v) is 5.36. The van der Waals surface area contributed by atoms with E-state index < -0.39 is 11.7 Å². The molecule has 0 aliphatic rings. The molecule has 0 aliphatic carbocycles. The Bertz CT molecular complexity index is 825. The predicted octanol–water partition coefficient (Wildman–Crippen LogP) is 3.51. The highest BCUT2D eigenvalue weighted by Gasteiger charge is 2.29. The molecule has 4 nitrogen and oxygen atoms in total. The average Bonchev–Trinajstić information content (AvgIpc) is 2.90. The Labute approximate surface area is 136 Å². The molecule has 7 heteroatoms. The molecule has 0 saturated carbocycles. The molecule has 1 aromatic heterocycles. The Hall–Kier alpha value is -2.54. The Morgan fingerprint density at radius 3 is 2.42 bits per heavy atom. The fraction of sp³-hybridized carbons (Fsp3) is 0.235. The van der Waals surface area contributed by atoms with Crippen molar-refractivity contribution >= 4 is 17.0 Å². The summed E-state index contributed by atoms with van der Waals surface area (Å²) in [6.07, 6.45) is -4.34. The third-order valence-corrected chi connectivity index (χ3v) is 3.67. The van der Waals surface area contributed by atoms with Crippen molar-refractivity contribution in [2.45, 2.75) is 12.7 Å². The number of rotatable bonds is 5. The van der Waals surface area contributed by atoms with Crippen LogP contribution in [0.2, 0.25) is 0 Å². The summed E-state index contributed by atoms with van der Waals surface area (Å²) < 4.78 is 39.9. The Morgan fingerprint density at radius 2 is 1.75 bits per heavy atom. The van der Waals surface area contributed by atoms with Crippen LogP contribution < -0.4 is 5.32 Å². The normalized spacial score (nSPS) is 11.8. The van der Waals surface area contributed by atoms with Crippen LogP contribution in [-0.2, 0) is 12.7 Å². The molecule has 0 unspecified atom stereocenters. The predicted molar refractivity (Wildman–Crippen MR) is 85.9 cm³/mol. The molecular weight excluding hydrogens is 319 g/mol. The van der Waals surface area contributed by atoms with E-state index in [9.17, 15) is 13.2 Å². The number of benzene rings is 2. The van der Waals surface area contributed by atoms with E-state index in [1.807, 2.05) is 28.8 Å². The number of alkyl halides is 3. The SMILES string of the molecule is OCCNc1nc2ccccc2n1Cc1ccc(C(F)(F)F)cc1. The second-order valence-electron chi connectivity index (χ2n) is 5.36. The molecule has 0 aliphatic heterocycles. The molecule has 0 saturated heterocycles. The first-order valence-electron chi connectivity index (χ1n) is 7.45. The first kappa shape index (κ1) is 16.3. The van der Waals surface area contributed by atoms with Crippen LogP contribution in [-0.4, -0.2) is 27.8 Å². The number of para-hydroxylation sites is 2. The van der Waals surface area contributed by atoms with Crippen LogP contribution in [0.25, 0.3) is 11.0 Å². The maximum absolute atomic E-state index is 12.7. The molecule has 1 heterocycles. The lowest BCUT2D eigenvalue weighted by atomic mass is 10.1. The fourth-order valence-corrected chi connectivity index (χ4v) is 2.52. The first-order valence-corrected chi connectivity index (χ1v) is 7.45. The molecule has 24 heavy (non-hydrogen) atoms. The summed E-state index contributed by atoms with van der Waals surface area (Å²) in [5.74, 6) is 0.574. The zero-order valence-corrected chi connectivity index (χ0v) is 12.7.